The largest absolute Gasteiger partial charge is 0.522 e. The highest BCUT2D eigenvalue weighted by atomic mass is 19.4. The monoisotopic (exact) mass is 524 g/mol. The Morgan fingerprint density at radius 1 is 1.14 bits per heavy atom. The van der Waals surface area contributed by atoms with Crippen LogP contribution in [0.4, 0.5) is 13.2 Å². The molecule has 0 bridgehead atoms. The number of nitrogens with one attached hydrogen (secondary N) is 1. The van der Waals surface area contributed by atoms with Crippen molar-refractivity contribution in [3.63, 3.8) is 0 Å². The van der Waals surface area contributed by atoms with Crippen LogP contribution in [-0.2, 0) is 10.3 Å². The smallest absolute Gasteiger partial charge is 0.497 e. The second-order valence-electron chi connectivity index (χ2n) is 8.46. The van der Waals surface area contributed by atoms with Crippen LogP contribution in [0.15, 0.2) is 48.6 Å². The van der Waals surface area contributed by atoms with Crippen molar-refractivity contribution >= 4 is 5.70 Å². The van der Waals surface area contributed by atoms with Crippen LogP contribution in [0.3, 0.4) is 0 Å². The van der Waals surface area contributed by atoms with E-state index in [1.54, 1.807) is 44.9 Å². The van der Waals surface area contributed by atoms with E-state index in [1.165, 1.54) is 6.08 Å². The van der Waals surface area contributed by atoms with Crippen molar-refractivity contribution < 1.29 is 32.5 Å². The number of nitrogens with zero attached hydrogens (tertiary/aromatic N) is 3. The first-order valence-corrected chi connectivity index (χ1v) is 12.2. The molecular weight excluding hydrogens is 489 g/mol. The second kappa shape index (κ2) is 12.0. The molecule has 1 atom stereocenters. The summed E-state index contributed by atoms with van der Waals surface area (Å²) in [6, 6.07) is 5.28. The summed E-state index contributed by atoms with van der Waals surface area (Å²) in [5.74, 6) is 1.17. The molecule has 1 unspecified atom stereocenters. The number of methoxy groups -OCH3 is 2. The molecule has 0 amide bonds. The fourth-order valence-corrected chi connectivity index (χ4v) is 4.75. The predicted molar refractivity (Wildman–Crippen MR) is 134 cm³/mol. The van der Waals surface area contributed by atoms with E-state index in [0.717, 1.165) is 5.69 Å². The number of alkyl halides is 3. The third kappa shape index (κ3) is 6.28. The zero-order valence-corrected chi connectivity index (χ0v) is 21.8. The normalized spacial score (nSPS) is 20.1. The van der Waals surface area contributed by atoms with Gasteiger partial charge in [-0.2, -0.15) is 0 Å². The van der Waals surface area contributed by atoms with Crippen LogP contribution in [0.5, 0.6) is 11.5 Å². The van der Waals surface area contributed by atoms with E-state index < -0.39 is 24.7 Å². The van der Waals surface area contributed by atoms with Gasteiger partial charge in [-0.3, -0.25) is 14.2 Å². The molecule has 0 radical (unpaired) electrons. The van der Waals surface area contributed by atoms with Gasteiger partial charge in [0.2, 0.25) is 0 Å². The first kappa shape index (κ1) is 28.5. The third-order valence-corrected chi connectivity index (χ3v) is 6.52. The van der Waals surface area contributed by atoms with E-state index in [4.69, 9.17) is 9.47 Å². The molecule has 3 heterocycles. The van der Waals surface area contributed by atoms with Gasteiger partial charge in [0.25, 0.3) is 0 Å². The minimum atomic E-state index is -4.70. The van der Waals surface area contributed by atoms with Gasteiger partial charge < -0.3 is 19.9 Å². The maximum Gasteiger partial charge on any atom is 0.522 e. The van der Waals surface area contributed by atoms with Crippen molar-refractivity contribution in [1.29, 1.82) is 0 Å². The van der Waals surface area contributed by atoms with Gasteiger partial charge in [0, 0.05) is 24.7 Å². The average Bonchev–Trinajstić information content (AvgIpc) is 3.40. The van der Waals surface area contributed by atoms with E-state index in [9.17, 15) is 18.3 Å². The molecule has 1 aromatic carbocycles. The van der Waals surface area contributed by atoms with Gasteiger partial charge in [-0.15, -0.1) is 13.2 Å². The first-order chi connectivity index (χ1) is 17.7. The predicted octanol–water partition coefficient (Wildman–Crippen LogP) is 4.79. The van der Waals surface area contributed by atoms with Crippen LogP contribution < -0.4 is 14.8 Å². The van der Waals surface area contributed by atoms with Crippen molar-refractivity contribution in [2.75, 3.05) is 33.9 Å². The molecule has 2 N–H and O–H groups in total. The molecule has 1 fully saturated rings. The van der Waals surface area contributed by atoms with Gasteiger partial charge in [0.1, 0.15) is 17.7 Å². The number of benzene rings is 1. The maximum atomic E-state index is 12.5. The zero-order valence-electron chi connectivity index (χ0n) is 21.8. The molecule has 1 aromatic heterocycles. The van der Waals surface area contributed by atoms with E-state index in [2.05, 4.69) is 15.0 Å². The van der Waals surface area contributed by atoms with Crippen LogP contribution in [0, 0.1) is 0 Å². The van der Waals surface area contributed by atoms with E-state index >= 15 is 0 Å². The molecule has 0 aliphatic carbocycles. The molecular formula is C26H35F3N4O4. The Morgan fingerprint density at radius 2 is 1.76 bits per heavy atom. The highest BCUT2D eigenvalue weighted by Gasteiger charge is 2.44. The molecule has 204 valence electrons. The Morgan fingerprint density at radius 3 is 2.30 bits per heavy atom. The highest BCUT2D eigenvalue weighted by Crippen LogP contribution is 2.42. The minimum absolute atomic E-state index is 0.538. The summed E-state index contributed by atoms with van der Waals surface area (Å²) in [6.45, 7) is 6.29. The molecule has 2 aliphatic heterocycles. The summed E-state index contributed by atoms with van der Waals surface area (Å²) in [4.78, 5) is 6.25. The number of hydrogen-bond acceptors (Lipinski definition) is 7. The van der Waals surface area contributed by atoms with Gasteiger partial charge in [0.15, 0.2) is 0 Å². The van der Waals surface area contributed by atoms with E-state index in [-0.39, 0.29) is 0 Å². The fraction of sp³-hybridized carbons (Fsp3) is 0.500. The Balaban J connectivity index is 0.00000186. The number of likely N-dealkylation sites (tertiary alicyclic amines) is 1. The molecule has 11 heteroatoms. The van der Waals surface area contributed by atoms with Crippen molar-refractivity contribution in [1.82, 2.24) is 19.8 Å². The average molecular weight is 525 g/mol. The first-order valence-electron chi connectivity index (χ1n) is 12.2. The van der Waals surface area contributed by atoms with Gasteiger partial charge in [-0.25, -0.2) is 4.98 Å². The minimum Gasteiger partial charge on any atom is -0.497 e. The number of ether oxygens (including phenoxy) is 3. The number of fused-ring (bicyclic) bond motifs is 2. The molecule has 37 heavy (non-hydrogen) atoms. The SMILES string of the molecule is C/C=C1\C(=C/COC(F)(F)F)NC2(CCN(C(O)c3cc(OC)cc(OC)c3)CC2)c2cncn21.CC. The number of halogens is 3. The Kier molecular flexibility index (Phi) is 9.27. The summed E-state index contributed by atoms with van der Waals surface area (Å²) in [6.07, 6.45) is 2.29. The van der Waals surface area contributed by atoms with Crippen LogP contribution in [0.25, 0.3) is 5.70 Å². The van der Waals surface area contributed by atoms with E-state index in [1.807, 2.05) is 36.3 Å². The summed E-state index contributed by atoms with van der Waals surface area (Å²) < 4.78 is 54.1. The molecule has 0 saturated carbocycles. The Hall–Kier alpha value is -3.02. The van der Waals surface area contributed by atoms with Crippen molar-refractivity contribution in [3.05, 3.63) is 59.8 Å². The third-order valence-electron chi connectivity index (χ3n) is 6.52. The van der Waals surface area contributed by atoms with E-state index in [0.29, 0.717) is 54.4 Å². The highest BCUT2D eigenvalue weighted by molar-refractivity contribution is 5.67. The number of aliphatic hydroxyl groups is 1. The Bertz CT molecular complexity index is 1080. The van der Waals surface area contributed by atoms with Gasteiger partial charge in [0.05, 0.1) is 56.0 Å². The lowest BCUT2D eigenvalue weighted by atomic mass is 9.82. The molecule has 8 nitrogen and oxygen atoms in total. The lowest BCUT2D eigenvalue weighted by molar-refractivity contribution is -0.319. The molecule has 2 aliphatic rings. The Labute approximate surface area is 215 Å². The van der Waals surface area contributed by atoms with Crippen LogP contribution in [0.2, 0.25) is 0 Å². The lowest BCUT2D eigenvalue weighted by Crippen LogP contribution is -2.54. The second-order valence-corrected chi connectivity index (χ2v) is 8.46. The van der Waals surface area contributed by atoms with Crippen LogP contribution in [0.1, 0.15) is 51.1 Å². The number of rotatable bonds is 6. The molecule has 1 spiro atoms. The van der Waals surface area contributed by atoms with Crippen LogP contribution in [-0.4, -0.2) is 59.8 Å². The fourth-order valence-electron chi connectivity index (χ4n) is 4.75. The summed E-state index contributed by atoms with van der Waals surface area (Å²) in [7, 11) is 3.11. The van der Waals surface area contributed by atoms with Gasteiger partial charge in [-0.05, 0) is 38.0 Å². The quantitative estimate of drug-likeness (QED) is 0.562. The van der Waals surface area contributed by atoms with Crippen LogP contribution >= 0.6 is 0 Å². The molecule has 1 saturated heterocycles. The number of aliphatic hydroxyl groups excluding tert-OH is 1. The van der Waals surface area contributed by atoms with Crippen molar-refractivity contribution in [2.45, 2.75) is 51.7 Å². The standard InChI is InChI=1S/C24H29F3N4O4.C2H6/c1-4-20-19(5-10-35-24(25,26)27)29-23(21-14-28-15-31(20)21)6-8-30(9-7-23)22(32)16-11-17(33-2)13-18(12-16)34-3;1-2/h4-5,11-15,22,29,32H,6-10H2,1-3H3;1-2H3/b19-5+,20-4+;. The maximum absolute atomic E-state index is 12.5. The summed E-state index contributed by atoms with van der Waals surface area (Å²) in [5.41, 5.74) is 2.29. The number of imidazole rings is 1. The number of piperidine rings is 1. The summed E-state index contributed by atoms with van der Waals surface area (Å²) >= 11 is 0. The molecule has 4 rings (SSSR count). The number of aromatic nitrogens is 2. The van der Waals surface area contributed by atoms with Gasteiger partial charge >= 0.3 is 6.36 Å². The number of allylic oxidation sites excluding steroid dienone is 2. The summed E-state index contributed by atoms with van der Waals surface area (Å²) in [5, 5.41) is 14.6. The zero-order chi connectivity index (χ0) is 27.2. The number of hydrogen-bond donors (Lipinski definition) is 2. The lowest BCUT2D eigenvalue weighted by Gasteiger charge is -2.47. The molecule has 2 aromatic rings. The van der Waals surface area contributed by atoms with Gasteiger partial charge in [-0.1, -0.05) is 19.9 Å². The van der Waals surface area contributed by atoms with Crippen molar-refractivity contribution in [3.8, 4) is 11.5 Å². The topological polar surface area (TPSA) is 81.0 Å². The van der Waals surface area contributed by atoms with Crippen molar-refractivity contribution in [2.24, 2.45) is 0 Å².